The van der Waals surface area contributed by atoms with Crippen LogP contribution in [0.25, 0.3) is 0 Å². The molecule has 0 aliphatic carbocycles. The molecule has 0 amide bonds. The van der Waals surface area contributed by atoms with Gasteiger partial charge in [0.15, 0.2) is 0 Å². The number of nitrogens with two attached hydrogens (primary N) is 1. The summed E-state index contributed by atoms with van der Waals surface area (Å²) in [5.74, 6) is 0.650. The fraction of sp³-hybridized carbons (Fsp3) is 0.250. The number of ether oxygens (including phenoxy) is 1. The highest BCUT2D eigenvalue weighted by Crippen LogP contribution is 2.32. The van der Waals surface area contributed by atoms with E-state index in [1.54, 1.807) is 30.3 Å². The molecular weight excluding hydrogens is 279 g/mol. The number of benzene rings is 2. The first kappa shape index (κ1) is 15.4. The van der Waals surface area contributed by atoms with Gasteiger partial charge in [-0.25, -0.2) is 0 Å². The van der Waals surface area contributed by atoms with Gasteiger partial charge in [0.1, 0.15) is 5.75 Å². The summed E-state index contributed by atoms with van der Waals surface area (Å²) in [6.07, 6.45) is -4.37. The molecule has 0 saturated heterocycles. The third-order valence-corrected chi connectivity index (χ3v) is 3.10. The molecule has 0 spiro atoms. The quantitative estimate of drug-likeness (QED) is 0.919. The van der Waals surface area contributed by atoms with Gasteiger partial charge in [-0.2, -0.15) is 13.2 Å². The van der Waals surface area contributed by atoms with E-state index >= 15 is 0 Å². The van der Waals surface area contributed by atoms with Gasteiger partial charge in [-0.3, -0.25) is 0 Å². The van der Waals surface area contributed by atoms with Crippen molar-refractivity contribution in [3.8, 4) is 5.75 Å². The third-order valence-electron chi connectivity index (χ3n) is 3.10. The van der Waals surface area contributed by atoms with Crippen LogP contribution >= 0.6 is 0 Å². The largest absolute Gasteiger partial charge is 0.494 e. The number of rotatable bonds is 4. The molecular formula is C16H16F3NO. The van der Waals surface area contributed by atoms with Crippen molar-refractivity contribution >= 4 is 0 Å². The molecule has 0 saturated carbocycles. The standard InChI is InChI=1S/C16H16F3NO/c1-2-21-14-8-4-6-12(10-14)15(20)11-5-3-7-13(9-11)16(17,18)19/h3-10,15H,2,20H2,1H3. The second kappa shape index (κ2) is 6.18. The van der Waals surface area contributed by atoms with Crippen molar-refractivity contribution in [2.24, 2.45) is 5.73 Å². The minimum atomic E-state index is -4.37. The van der Waals surface area contributed by atoms with E-state index in [0.717, 1.165) is 12.1 Å². The zero-order chi connectivity index (χ0) is 15.5. The summed E-state index contributed by atoms with van der Waals surface area (Å²) in [4.78, 5) is 0. The van der Waals surface area contributed by atoms with E-state index in [-0.39, 0.29) is 0 Å². The Labute approximate surface area is 121 Å². The Morgan fingerprint density at radius 2 is 1.67 bits per heavy atom. The van der Waals surface area contributed by atoms with Gasteiger partial charge in [0.05, 0.1) is 18.2 Å². The van der Waals surface area contributed by atoms with Crippen LogP contribution in [0.1, 0.15) is 29.7 Å². The lowest BCUT2D eigenvalue weighted by molar-refractivity contribution is -0.137. The molecule has 0 bridgehead atoms. The van der Waals surface area contributed by atoms with Crippen LogP contribution in [0.2, 0.25) is 0 Å². The van der Waals surface area contributed by atoms with E-state index in [4.69, 9.17) is 10.5 Å². The van der Waals surface area contributed by atoms with E-state index in [1.165, 1.54) is 6.07 Å². The van der Waals surface area contributed by atoms with Gasteiger partial charge in [-0.05, 0) is 42.3 Å². The highest BCUT2D eigenvalue weighted by molar-refractivity contribution is 5.38. The summed E-state index contributed by atoms with van der Waals surface area (Å²) in [5.41, 5.74) is 6.50. The predicted octanol–water partition coefficient (Wildman–Crippen LogP) is 4.15. The van der Waals surface area contributed by atoms with Gasteiger partial charge in [0, 0.05) is 0 Å². The maximum atomic E-state index is 12.7. The first-order chi connectivity index (χ1) is 9.91. The molecule has 0 aliphatic heterocycles. The lowest BCUT2D eigenvalue weighted by atomic mass is 9.97. The van der Waals surface area contributed by atoms with E-state index in [9.17, 15) is 13.2 Å². The summed E-state index contributed by atoms with van der Waals surface area (Å²) in [6.45, 7) is 2.38. The molecule has 0 fully saturated rings. The highest BCUT2D eigenvalue weighted by Gasteiger charge is 2.30. The second-order valence-corrected chi connectivity index (χ2v) is 4.61. The van der Waals surface area contributed by atoms with Gasteiger partial charge in [0.25, 0.3) is 0 Å². The number of halogens is 3. The average Bonchev–Trinajstić information content (AvgIpc) is 2.46. The van der Waals surface area contributed by atoms with Gasteiger partial charge in [-0.15, -0.1) is 0 Å². The van der Waals surface area contributed by atoms with Crippen LogP contribution in [0.15, 0.2) is 48.5 Å². The lowest BCUT2D eigenvalue weighted by Crippen LogP contribution is -2.14. The van der Waals surface area contributed by atoms with Crippen LogP contribution in [0.3, 0.4) is 0 Å². The summed E-state index contributed by atoms with van der Waals surface area (Å²) >= 11 is 0. The SMILES string of the molecule is CCOc1cccc(C(N)c2cccc(C(F)(F)F)c2)c1. The average molecular weight is 295 g/mol. The number of alkyl halides is 3. The molecule has 2 aromatic carbocycles. The molecule has 5 heteroatoms. The van der Waals surface area contributed by atoms with Crippen molar-refractivity contribution in [2.75, 3.05) is 6.61 Å². The van der Waals surface area contributed by atoms with E-state index in [0.29, 0.717) is 23.5 Å². The predicted molar refractivity (Wildman–Crippen MR) is 75.1 cm³/mol. The first-order valence-corrected chi connectivity index (χ1v) is 6.57. The molecule has 21 heavy (non-hydrogen) atoms. The smallest absolute Gasteiger partial charge is 0.416 e. The van der Waals surface area contributed by atoms with Crippen molar-refractivity contribution in [3.05, 3.63) is 65.2 Å². The van der Waals surface area contributed by atoms with Crippen molar-refractivity contribution in [1.29, 1.82) is 0 Å². The van der Waals surface area contributed by atoms with Crippen LogP contribution in [-0.2, 0) is 6.18 Å². The van der Waals surface area contributed by atoms with Crippen LogP contribution in [0, 0.1) is 0 Å². The van der Waals surface area contributed by atoms with Crippen molar-refractivity contribution < 1.29 is 17.9 Å². The highest BCUT2D eigenvalue weighted by atomic mass is 19.4. The molecule has 1 atom stereocenters. The molecule has 0 radical (unpaired) electrons. The molecule has 2 nitrogen and oxygen atoms in total. The van der Waals surface area contributed by atoms with E-state index < -0.39 is 17.8 Å². The van der Waals surface area contributed by atoms with Crippen LogP contribution in [-0.4, -0.2) is 6.61 Å². The van der Waals surface area contributed by atoms with Gasteiger partial charge >= 0.3 is 6.18 Å². The maximum Gasteiger partial charge on any atom is 0.416 e. The van der Waals surface area contributed by atoms with E-state index in [2.05, 4.69) is 0 Å². The van der Waals surface area contributed by atoms with Gasteiger partial charge < -0.3 is 10.5 Å². The summed E-state index contributed by atoms with van der Waals surface area (Å²) in [7, 11) is 0. The molecule has 2 N–H and O–H groups in total. The third kappa shape index (κ3) is 3.76. The van der Waals surface area contributed by atoms with Crippen molar-refractivity contribution in [1.82, 2.24) is 0 Å². The molecule has 0 heterocycles. The summed E-state index contributed by atoms with van der Waals surface area (Å²) in [5, 5.41) is 0. The molecule has 2 aromatic rings. The van der Waals surface area contributed by atoms with E-state index in [1.807, 2.05) is 6.92 Å². The summed E-state index contributed by atoms with van der Waals surface area (Å²) < 4.78 is 43.6. The minimum absolute atomic E-state index is 0.415. The fourth-order valence-corrected chi connectivity index (χ4v) is 2.07. The first-order valence-electron chi connectivity index (χ1n) is 6.57. The normalized spacial score (nSPS) is 13.0. The number of hydrogen-bond donors (Lipinski definition) is 1. The Kier molecular flexibility index (Phi) is 4.53. The van der Waals surface area contributed by atoms with Crippen LogP contribution in [0.5, 0.6) is 5.75 Å². The van der Waals surface area contributed by atoms with Crippen molar-refractivity contribution in [2.45, 2.75) is 19.1 Å². The minimum Gasteiger partial charge on any atom is -0.494 e. The Hall–Kier alpha value is -2.01. The zero-order valence-corrected chi connectivity index (χ0v) is 11.5. The van der Waals surface area contributed by atoms with Gasteiger partial charge in [-0.1, -0.05) is 24.3 Å². The molecule has 0 aliphatic rings. The molecule has 112 valence electrons. The molecule has 0 aromatic heterocycles. The zero-order valence-electron chi connectivity index (χ0n) is 11.5. The number of hydrogen-bond acceptors (Lipinski definition) is 2. The monoisotopic (exact) mass is 295 g/mol. The Morgan fingerprint density at radius 3 is 2.29 bits per heavy atom. The topological polar surface area (TPSA) is 35.2 Å². The summed E-state index contributed by atoms with van der Waals surface area (Å²) in [6, 6.07) is 11.5. The fourth-order valence-electron chi connectivity index (χ4n) is 2.07. The van der Waals surface area contributed by atoms with Crippen LogP contribution < -0.4 is 10.5 Å². The Bertz CT molecular complexity index is 610. The van der Waals surface area contributed by atoms with Crippen molar-refractivity contribution in [3.63, 3.8) is 0 Å². The van der Waals surface area contributed by atoms with Crippen LogP contribution in [0.4, 0.5) is 13.2 Å². The molecule has 1 unspecified atom stereocenters. The lowest BCUT2D eigenvalue weighted by Gasteiger charge is -2.16. The Balaban J connectivity index is 2.31. The van der Waals surface area contributed by atoms with Gasteiger partial charge in [0.2, 0.25) is 0 Å². The molecule has 2 rings (SSSR count). The second-order valence-electron chi connectivity index (χ2n) is 4.61. The Morgan fingerprint density at radius 1 is 1.05 bits per heavy atom. The maximum absolute atomic E-state index is 12.7.